The van der Waals surface area contributed by atoms with E-state index < -0.39 is 6.03 Å². The van der Waals surface area contributed by atoms with E-state index in [1.165, 1.54) is 0 Å². The van der Waals surface area contributed by atoms with Gasteiger partial charge in [0.2, 0.25) is 5.91 Å². The van der Waals surface area contributed by atoms with Gasteiger partial charge in [-0.2, -0.15) is 0 Å². The lowest BCUT2D eigenvalue weighted by Crippen LogP contribution is -2.47. The Morgan fingerprint density at radius 1 is 1.35 bits per heavy atom. The highest BCUT2D eigenvalue weighted by molar-refractivity contribution is 5.95. The predicted octanol–water partition coefficient (Wildman–Crippen LogP) is -0.323. The number of nitrogens with zero attached hydrogens (tertiary/aromatic N) is 1. The smallest absolute Gasteiger partial charge is 0.321 e. The van der Waals surface area contributed by atoms with Gasteiger partial charge in [0.05, 0.1) is 6.54 Å². The zero-order valence-corrected chi connectivity index (χ0v) is 10.9. The summed E-state index contributed by atoms with van der Waals surface area (Å²) in [4.78, 5) is 24.5. The van der Waals surface area contributed by atoms with Crippen LogP contribution in [0.2, 0.25) is 0 Å². The van der Waals surface area contributed by atoms with Gasteiger partial charge in [-0.15, -0.1) is 12.4 Å². The molecular formula is C10H21ClN4O2. The molecule has 3 amide bonds. The van der Waals surface area contributed by atoms with Crippen LogP contribution >= 0.6 is 12.4 Å². The molecule has 100 valence electrons. The molecule has 0 saturated carbocycles. The second-order valence-corrected chi connectivity index (χ2v) is 4.02. The van der Waals surface area contributed by atoms with Crippen LogP contribution in [0, 0.1) is 0 Å². The second kappa shape index (κ2) is 8.27. The number of hydrogen-bond acceptors (Lipinski definition) is 4. The fourth-order valence-electron chi connectivity index (χ4n) is 1.69. The first-order chi connectivity index (χ1) is 7.61. The Morgan fingerprint density at radius 2 is 1.94 bits per heavy atom. The van der Waals surface area contributed by atoms with Crippen molar-refractivity contribution in [1.29, 1.82) is 0 Å². The molecule has 0 aromatic carbocycles. The van der Waals surface area contributed by atoms with Gasteiger partial charge >= 0.3 is 6.03 Å². The second-order valence-electron chi connectivity index (χ2n) is 4.02. The quantitative estimate of drug-likeness (QED) is 0.652. The number of halogens is 1. The van der Waals surface area contributed by atoms with E-state index in [9.17, 15) is 9.59 Å². The van der Waals surface area contributed by atoms with Gasteiger partial charge in [-0.3, -0.25) is 15.0 Å². The number of imide groups is 1. The van der Waals surface area contributed by atoms with Crippen molar-refractivity contribution in [2.75, 3.05) is 26.2 Å². The summed E-state index contributed by atoms with van der Waals surface area (Å²) in [6.07, 6.45) is 1.82. The van der Waals surface area contributed by atoms with Gasteiger partial charge in [-0.05, 0) is 19.8 Å². The lowest BCUT2D eigenvalue weighted by Gasteiger charge is -2.29. The van der Waals surface area contributed by atoms with Crippen LogP contribution in [0.3, 0.4) is 0 Å². The average molecular weight is 265 g/mol. The zero-order valence-electron chi connectivity index (χ0n) is 10.1. The van der Waals surface area contributed by atoms with Crippen molar-refractivity contribution in [2.24, 2.45) is 5.73 Å². The van der Waals surface area contributed by atoms with E-state index in [-0.39, 0.29) is 30.9 Å². The fourth-order valence-corrected chi connectivity index (χ4v) is 1.69. The number of nitrogens with two attached hydrogens (primary N) is 1. The zero-order chi connectivity index (χ0) is 12.0. The maximum absolute atomic E-state index is 11.4. The van der Waals surface area contributed by atoms with Gasteiger partial charge in [-0.25, -0.2) is 4.79 Å². The van der Waals surface area contributed by atoms with Gasteiger partial charge in [-0.1, -0.05) is 0 Å². The molecule has 0 bridgehead atoms. The minimum atomic E-state index is -0.429. The summed E-state index contributed by atoms with van der Waals surface area (Å²) in [6, 6.07) is -0.177. The SMILES string of the molecule is CCNC(=O)NC(=O)CN1CCC(N)CC1.Cl. The number of nitrogens with one attached hydrogen (secondary N) is 2. The van der Waals surface area contributed by atoms with E-state index >= 15 is 0 Å². The van der Waals surface area contributed by atoms with E-state index in [2.05, 4.69) is 10.6 Å². The molecule has 0 aliphatic carbocycles. The van der Waals surface area contributed by atoms with Crippen LogP contribution in [0.4, 0.5) is 4.79 Å². The minimum absolute atomic E-state index is 0. The van der Waals surface area contributed by atoms with E-state index in [4.69, 9.17) is 5.73 Å². The summed E-state index contributed by atoms with van der Waals surface area (Å²) in [6.45, 7) is 4.23. The van der Waals surface area contributed by atoms with Crippen LogP contribution in [0.5, 0.6) is 0 Å². The maximum Gasteiger partial charge on any atom is 0.321 e. The molecule has 1 aliphatic rings. The number of amides is 3. The molecule has 0 spiro atoms. The molecule has 17 heavy (non-hydrogen) atoms. The van der Waals surface area contributed by atoms with Gasteiger partial charge < -0.3 is 11.1 Å². The van der Waals surface area contributed by atoms with Crippen molar-refractivity contribution in [2.45, 2.75) is 25.8 Å². The summed E-state index contributed by atoms with van der Waals surface area (Å²) in [5, 5.41) is 4.79. The van der Waals surface area contributed by atoms with Crippen molar-refractivity contribution in [3.05, 3.63) is 0 Å². The van der Waals surface area contributed by atoms with Crippen molar-refractivity contribution in [3.63, 3.8) is 0 Å². The molecule has 7 heteroatoms. The molecule has 0 radical (unpaired) electrons. The highest BCUT2D eigenvalue weighted by Crippen LogP contribution is 2.06. The average Bonchev–Trinajstić information content (AvgIpc) is 2.21. The van der Waals surface area contributed by atoms with Crippen LogP contribution in [-0.4, -0.2) is 49.1 Å². The Kier molecular flexibility index (Phi) is 7.86. The Bertz CT molecular complexity index is 255. The van der Waals surface area contributed by atoms with Crippen molar-refractivity contribution < 1.29 is 9.59 Å². The maximum atomic E-state index is 11.4. The van der Waals surface area contributed by atoms with Gasteiger partial charge in [0.15, 0.2) is 0 Å². The fraction of sp³-hybridized carbons (Fsp3) is 0.800. The first kappa shape index (κ1) is 16.1. The number of likely N-dealkylation sites (tertiary alicyclic amines) is 1. The highest BCUT2D eigenvalue weighted by atomic mass is 35.5. The summed E-state index contributed by atoms with van der Waals surface area (Å²) >= 11 is 0. The van der Waals surface area contributed by atoms with Crippen molar-refractivity contribution >= 4 is 24.3 Å². The van der Waals surface area contributed by atoms with Crippen LogP contribution in [0.15, 0.2) is 0 Å². The first-order valence-electron chi connectivity index (χ1n) is 5.67. The van der Waals surface area contributed by atoms with Gasteiger partial charge in [0.1, 0.15) is 0 Å². The molecule has 1 fully saturated rings. The van der Waals surface area contributed by atoms with E-state index in [0.29, 0.717) is 6.54 Å². The Morgan fingerprint density at radius 3 is 2.47 bits per heavy atom. The highest BCUT2D eigenvalue weighted by Gasteiger charge is 2.18. The Labute approximate surface area is 108 Å². The molecule has 4 N–H and O–H groups in total. The standard InChI is InChI=1S/C10H20N4O2.ClH/c1-2-12-10(16)13-9(15)7-14-5-3-8(11)4-6-14;/h8H,2-7,11H2,1H3,(H2,12,13,15,16);1H. The molecule has 0 aromatic rings. The van der Waals surface area contributed by atoms with Gasteiger partial charge in [0.25, 0.3) is 0 Å². The molecule has 1 aliphatic heterocycles. The molecule has 1 heterocycles. The number of urea groups is 1. The summed E-state index contributed by atoms with van der Waals surface area (Å²) < 4.78 is 0. The molecule has 1 saturated heterocycles. The normalized spacial score (nSPS) is 17.1. The summed E-state index contributed by atoms with van der Waals surface area (Å²) in [5.74, 6) is -0.263. The van der Waals surface area contributed by atoms with Crippen LogP contribution < -0.4 is 16.4 Å². The van der Waals surface area contributed by atoms with Crippen molar-refractivity contribution in [1.82, 2.24) is 15.5 Å². The number of piperidine rings is 1. The minimum Gasteiger partial charge on any atom is -0.338 e. The first-order valence-corrected chi connectivity index (χ1v) is 5.67. The van der Waals surface area contributed by atoms with E-state index in [1.807, 2.05) is 4.90 Å². The third-order valence-corrected chi connectivity index (χ3v) is 2.59. The number of carbonyl (C=O) groups excluding carboxylic acids is 2. The van der Waals surface area contributed by atoms with Crippen LogP contribution in [-0.2, 0) is 4.79 Å². The topological polar surface area (TPSA) is 87.5 Å². The molecule has 0 atom stereocenters. The number of rotatable bonds is 3. The van der Waals surface area contributed by atoms with Crippen LogP contribution in [0.25, 0.3) is 0 Å². The monoisotopic (exact) mass is 264 g/mol. The summed E-state index contributed by atoms with van der Waals surface area (Å²) in [5.41, 5.74) is 5.76. The van der Waals surface area contributed by atoms with Crippen molar-refractivity contribution in [3.8, 4) is 0 Å². The lowest BCUT2D eigenvalue weighted by atomic mass is 10.1. The Balaban J connectivity index is 0.00000256. The molecular weight excluding hydrogens is 244 g/mol. The molecule has 0 unspecified atom stereocenters. The number of hydrogen-bond donors (Lipinski definition) is 3. The third-order valence-electron chi connectivity index (χ3n) is 2.59. The van der Waals surface area contributed by atoms with Crippen LogP contribution in [0.1, 0.15) is 19.8 Å². The van der Waals surface area contributed by atoms with E-state index in [1.54, 1.807) is 6.92 Å². The summed E-state index contributed by atoms with van der Waals surface area (Å²) in [7, 11) is 0. The van der Waals surface area contributed by atoms with Gasteiger partial charge in [0, 0.05) is 25.7 Å². The Hall–Kier alpha value is -0.850. The lowest BCUT2D eigenvalue weighted by molar-refractivity contribution is -0.121. The largest absolute Gasteiger partial charge is 0.338 e. The molecule has 1 rings (SSSR count). The third kappa shape index (κ3) is 6.45. The predicted molar refractivity (Wildman–Crippen MR) is 68.1 cm³/mol. The molecule has 0 aromatic heterocycles. The number of carbonyl (C=O) groups is 2. The molecule has 6 nitrogen and oxygen atoms in total. The van der Waals surface area contributed by atoms with E-state index in [0.717, 1.165) is 25.9 Å².